The summed E-state index contributed by atoms with van der Waals surface area (Å²) in [4.78, 5) is 39.3. The maximum absolute atomic E-state index is 14.4. The summed E-state index contributed by atoms with van der Waals surface area (Å²) in [6.07, 6.45) is 6.09. The number of ketones is 1. The molecule has 4 N–H and O–H groups in total. The molecule has 10 nitrogen and oxygen atoms in total. The molecule has 0 spiro atoms. The van der Waals surface area contributed by atoms with Crippen molar-refractivity contribution in [2.24, 2.45) is 61.9 Å². The van der Waals surface area contributed by atoms with Gasteiger partial charge in [0, 0.05) is 40.9 Å². The Bertz CT molecular complexity index is 1970. The molecule has 1 aromatic carbocycles. The van der Waals surface area contributed by atoms with Crippen LogP contribution in [-0.2, 0) is 25.7 Å². The number of allylic oxidation sites excluding steroid dienone is 1. The van der Waals surface area contributed by atoms with Crippen LogP contribution >= 0.6 is 11.6 Å². The molecule has 11 heteroatoms. The first-order valence-electron chi connectivity index (χ1n) is 21.4. The average molecular weight is 806 g/mol. The molecular formula is C46H65ClN4O6. The third-order valence-corrected chi connectivity index (χ3v) is 17.1. The molecule has 1 heterocycles. The summed E-state index contributed by atoms with van der Waals surface area (Å²) in [6.45, 7) is 20.2. The van der Waals surface area contributed by atoms with Gasteiger partial charge in [0.25, 0.3) is 0 Å². The number of aliphatic carboxylic acids is 1. The van der Waals surface area contributed by atoms with E-state index in [1.54, 1.807) is 13.8 Å². The lowest BCUT2D eigenvalue weighted by Crippen LogP contribution is -2.66. The summed E-state index contributed by atoms with van der Waals surface area (Å²) in [5, 5.41) is 32.3. The first-order valence-corrected chi connectivity index (χ1v) is 21.7. The molecule has 0 radical (unpaired) electrons. The van der Waals surface area contributed by atoms with Crippen molar-refractivity contribution in [1.29, 1.82) is 0 Å². The molecule has 2 aromatic rings. The largest absolute Gasteiger partial charge is 0.481 e. The SMILES string of the molecule is CC(C)C1=C2[C@H]3CC[C@@H]4[C@@]5(C)CC[C@H](OC(=O)CC(C)(C)C(=O)O)C(C)(C)[C@@H]5CC[C@@]4(C)[C@]3(C)CC[C@@]2(C(O)c2nnc(-c3ccc(Cl)cc3)n2CCN)CC1=O. The van der Waals surface area contributed by atoms with E-state index >= 15 is 0 Å². The number of carbonyl (C=O) groups is 3. The van der Waals surface area contributed by atoms with Crippen LogP contribution in [-0.4, -0.2) is 55.3 Å². The van der Waals surface area contributed by atoms with Crippen molar-refractivity contribution < 1.29 is 29.3 Å². The summed E-state index contributed by atoms with van der Waals surface area (Å²) in [6, 6.07) is 7.44. The van der Waals surface area contributed by atoms with Crippen LogP contribution in [0.3, 0.4) is 0 Å². The molecule has 1 unspecified atom stereocenters. The highest BCUT2D eigenvalue weighted by atomic mass is 35.5. The Labute approximate surface area is 343 Å². The van der Waals surface area contributed by atoms with Gasteiger partial charge in [0.15, 0.2) is 17.4 Å². The van der Waals surface area contributed by atoms with E-state index in [1.807, 2.05) is 28.8 Å². The number of carboxylic acids is 1. The van der Waals surface area contributed by atoms with Gasteiger partial charge in [-0.1, -0.05) is 60.1 Å². The second kappa shape index (κ2) is 14.3. The molecule has 0 aliphatic heterocycles. The fraction of sp³-hybridized carbons (Fsp3) is 0.717. The van der Waals surface area contributed by atoms with Crippen LogP contribution in [0.4, 0.5) is 0 Å². The van der Waals surface area contributed by atoms with E-state index in [0.717, 1.165) is 56.1 Å². The van der Waals surface area contributed by atoms with Gasteiger partial charge in [-0.05, 0) is 141 Å². The Balaban J connectivity index is 1.22. The summed E-state index contributed by atoms with van der Waals surface area (Å²) >= 11 is 6.22. The summed E-state index contributed by atoms with van der Waals surface area (Å²) < 4.78 is 8.12. The molecule has 4 saturated carbocycles. The molecule has 0 amide bonds. The molecule has 5 aliphatic carbocycles. The van der Waals surface area contributed by atoms with E-state index in [1.165, 1.54) is 5.57 Å². The van der Waals surface area contributed by atoms with Crippen LogP contribution in [0.2, 0.25) is 5.02 Å². The normalized spacial score (nSPS) is 35.3. The Morgan fingerprint density at radius 2 is 1.65 bits per heavy atom. The number of halogens is 1. The van der Waals surface area contributed by atoms with Gasteiger partial charge < -0.3 is 25.3 Å². The maximum Gasteiger partial charge on any atom is 0.309 e. The van der Waals surface area contributed by atoms with Crippen molar-refractivity contribution >= 4 is 29.3 Å². The number of nitrogens with zero attached hydrogens (tertiary/aromatic N) is 3. The molecular weight excluding hydrogens is 740 g/mol. The number of esters is 1. The standard InChI is InChI=1S/C46H65ClN4O6/c1-26(2)35-30(52)24-46(37(54)39-50-49-38(51(39)23-22-48)27-10-12-28(47)13-11-27)21-20-44(8)29(36(35)46)14-15-32-43(7)18-17-33(57-34(53)25-41(3,4)40(55)56)42(5,6)31(43)16-19-45(32,44)9/h10-13,26,29,31-33,37,54H,14-25,48H2,1-9H3,(H,55,56)/t29-,31+,32-,33+,37?,43+,44-,45-,46-/m1/s1. The Kier molecular flexibility index (Phi) is 10.5. The van der Waals surface area contributed by atoms with E-state index in [9.17, 15) is 24.6 Å². The van der Waals surface area contributed by atoms with Gasteiger partial charge in [-0.3, -0.25) is 14.4 Å². The van der Waals surface area contributed by atoms with Gasteiger partial charge in [-0.25, -0.2) is 0 Å². The molecule has 4 fully saturated rings. The van der Waals surface area contributed by atoms with Crippen LogP contribution in [0.1, 0.15) is 138 Å². The van der Waals surface area contributed by atoms with Gasteiger partial charge >= 0.3 is 11.9 Å². The second-order valence-electron chi connectivity index (χ2n) is 20.8. The minimum atomic E-state index is -1.18. The number of hydrogen-bond donors (Lipinski definition) is 3. The van der Waals surface area contributed by atoms with Crippen molar-refractivity contribution in [2.45, 2.75) is 145 Å². The number of Topliss-reactive ketones (excluding diaryl/α,β-unsaturated/α-hetero) is 1. The zero-order valence-corrected chi connectivity index (χ0v) is 36.3. The molecule has 5 aliphatic rings. The zero-order chi connectivity index (χ0) is 41.7. The minimum absolute atomic E-state index is 0.0131. The van der Waals surface area contributed by atoms with Crippen LogP contribution in [0.25, 0.3) is 11.4 Å². The smallest absolute Gasteiger partial charge is 0.309 e. The second-order valence-corrected chi connectivity index (χ2v) is 21.2. The molecule has 57 heavy (non-hydrogen) atoms. The number of hydrogen-bond acceptors (Lipinski definition) is 8. The fourth-order valence-corrected chi connectivity index (χ4v) is 13.9. The topological polar surface area (TPSA) is 158 Å². The molecule has 1 aromatic heterocycles. The van der Waals surface area contributed by atoms with E-state index in [2.05, 4.69) is 58.7 Å². The lowest BCUT2D eigenvalue weighted by molar-refractivity contribution is -0.235. The first kappa shape index (κ1) is 42.1. The Morgan fingerprint density at radius 1 is 0.965 bits per heavy atom. The van der Waals surface area contributed by atoms with Crippen LogP contribution in [0.15, 0.2) is 35.4 Å². The summed E-state index contributed by atoms with van der Waals surface area (Å²) in [5.41, 5.74) is 6.71. The molecule has 0 saturated heterocycles. The number of rotatable bonds is 10. The molecule has 312 valence electrons. The lowest BCUT2D eigenvalue weighted by atomic mass is 9.33. The lowest BCUT2D eigenvalue weighted by Gasteiger charge is -2.72. The number of nitrogens with two attached hydrogens (primary N) is 1. The predicted octanol–water partition coefficient (Wildman–Crippen LogP) is 8.98. The van der Waals surface area contributed by atoms with Gasteiger partial charge in [0.1, 0.15) is 12.2 Å². The average Bonchev–Trinajstić information content (AvgIpc) is 3.68. The number of aliphatic hydroxyl groups is 1. The van der Waals surface area contributed by atoms with Gasteiger partial charge in [-0.2, -0.15) is 0 Å². The maximum atomic E-state index is 14.4. The van der Waals surface area contributed by atoms with E-state index in [4.69, 9.17) is 22.1 Å². The van der Waals surface area contributed by atoms with Crippen molar-refractivity contribution in [3.63, 3.8) is 0 Å². The number of aromatic nitrogens is 3. The third kappa shape index (κ3) is 6.27. The fourth-order valence-electron chi connectivity index (χ4n) is 13.8. The molecule has 0 bridgehead atoms. The van der Waals surface area contributed by atoms with Gasteiger partial charge in [-0.15, -0.1) is 10.2 Å². The van der Waals surface area contributed by atoms with Crippen molar-refractivity contribution in [3.8, 4) is 11.4 Å². The van der Waals surface area contributed by atoms with Crippen LogP contribution < -0.4 is 5.73 Å². The number of benzene rings is 1. The first-order chi connectivity index (χ1) is 26.6. The number of aliphatic hydroxyl groups excluding tert-OH is 1. The number of carbonyl (C=O) groups excluding carboxylic acids is 2. The van der Waals surface area contributed by atoms with Crippen molar-refractivity contribution in [1.82, 2.24) is 14.8 Å². The summed E-state index contributed by atoms with van der Waals surface area (Å²) in [5.74, 6) is 0.707. The van der Waals surface area contributed by atoms with E-state index in [-0.39, 0.29) is 58.2 Å². The summed E-state index contributed by atoms with van der Waals surface area (Å²) in [7, 11) is 0. The Hall–Kier alpha value is -3.08. The highest BCUT2D eigenvalue weighted by Crippen LogP contribution is 2.77. The number of fused-ring (bicyclic) bond motifs is 7. The van der Waals surface area contributed by atoms with Gasteiger partial charge in [0.05, 0.1) is 11.8 Å². The highest BCUT2D eigenvalue weighted by Gasteiger charge is 2.71. The van der Waals surface area contributed by atoms with Crippen LogP contribution in [0, 0.1) is 56.2 Å². The van der Waals surface area contributed by atoms with E-state index in [0.29, 0.717) is 48.0 Å². The number of carboxylic acid groups (broad SMARTS) is 1. The van der Waals surface area contributed by atoms with Crippen molar-refractivity contribution in [3.05, 3.63) is 46.3 Å². The minimum Gasteiger partial charge on any atom is -0.481 e. The Morgan fingerprint density at radius 3 is 2.28 bits per heavy atom. The van der Waals surface area contributed by atoms with Crippen LogP contribution in [0.5, 0.6) is 0 Å². The quantitative estimate of drug-likeness (QED) is 0.199. The number of ether oxygens (including phenoxy) is 1. The monoisotopic (exact) mass is 804 g/mol. The van der Waals surface area contributed by atoms with Crippen molar-refractivity contribution in [2.75, 3.05) is 6.54 Å². The zero-order valence-electron chi connectivity index (χ0n) is 35.6. The third-order valence-electron chi connectivity index (χ3n) is 16.9. The molecule has 7 rings (SSSR count). The van der Waals surface area contributed by atoms with Gasteiger partial charge in [0.2, 0.25) is 0 Å². The predicted molar refractivity (Wildman–Crippen MR) is 220 cm³/mol. The highest BCUT2D eigenvalue weighted by molar-refractivity contribution is 6.30. The molecule has 9 atom stereocenters. The van der Waals surface area contributed by atoms with E-state index < -0.39 is 28.9 Å².